The largest absolute Gasteiger partial charge is 0.459 e. The Balaban J connectivity index is 1.09. The van der Waals surface area contributed by atoms with Gasteiger partial charge in [0.1, 0.15) is 11.6 Å². The lowest BCUT2D eigenvalue weighted by molar-refractivity contribution is -0.152. The van der Waals surface area contributed by atoms with Crippen LogP contribution >= 0.6 is 0 Å². The number of allylic oxidation sites excluding steroid dienone is 2. The van der Waals surface area contributed by atoms with Crippen LogP contribution in [0.2, 0.25) is 0 Å². The molecule has 1 amide bonds. The van der Waals surface area contributed by atoms with E-state index in [0.717, 1.165) is 29.7 Å². The van der Waals surface area contributed by atoms with Gasteiger partial charge >= 0.3 is 11.9 Å². The molecule has 0 aliphatic carbocycles. The number of pyridine rings is 1. The zero-order valence-corrected chi connectivity index (χ0v) is 27.0. The van der Waals surface area contributed by atoms with Gasteiger partial charge in [0.15, 0.2) is 0 Å². The van der Waals surface area contributed by atoms with Crippen molar-refractivity contribution in [3.8, 4) is 0 Å². The molecule has 0 radical (unpaired) electrons. The highest BCUT2D eigenvalue weighted by atomic mass is 16.7. The number of nitrogens with zero attached hydrogens (tertiary/aromatic N) is 4. The van der Waals surface area contributed by atoms with Crippen molar-refractivity contribution in [3.05, 3.63) is 54.3 Å². The number of fused-ring (bicyclic) bond motifs is 1. The van der Waals surface area contributed by atoms with E-state index in [1.54, 1.807) is 31.3 Å². The average molecular weight is 638 g/mol. The second-order valence-corrected chi connectivity index (χ2v) is 12.6. The summed E-state index contributed by atoms with van der Waals surface area (Å²) in [6, 6.07) is 3.36. The van der Waals surface area contributed by atoms with Crippen LogP contribution in [0.4, 0.5) is 0 Å². The van der Waals surface area contributed by atoms with E-state index in [9.17, 15) is 14.4 Å². The fourth-order valence-electron chi connectivity index (χ4n) is 6.00. The number of amides is 1. The molecule has 5 rings (SSSR count). The Morgan fingerprint density at radius 1 is 1.20 bits per heavy atom. The predicted octanol–water partition coefficient (Wildman–Crippen LogP) is 3.19. The zero-order valence-electron chi connectivity index (χ0n) is 27.0. The number of hydrogen-bond donors (Lipinski definition) is 1. The van der Waals surface area contributed by atoms with Gasteiger partial charge in [0.25, 0.3) is 0 Å². The number of ether oxygens (including phenoxy) is 4. The van der Waals surface area contributed by atoms with Gasteiger partial charge in [0.05, 0.1) is 49.1 Å². The minimum atomic E-state index is -0.484. The van der Waals surface area contributed by atoms with Crippen LogP contribution in [0, 0.1) is 5.92 Å². The lowest BCUT2D eigenvalue weighted by Gasteiger charge is -2.39. The van der Waals surface area contributed by atoms with Crippen molar-refractivity contribution in [3.63, 3.8) is 0 Å². The van der Waals surface area contributed by atoms with Gasteiger partial charge in [-0.3, -0.25) is 9.59 Å². The smallest absolute Gasteiger partial charge is 0.337 e. The Bertz CT molecular complexity index is 1500. The number of hydrogen-bond acceptors (Lipinski definition) is 11. The van der Waals surface area contributed by atoms with E-state index < -0.39 is 18.0 Å². The van der Waals surface area contributed by atoms with Gasteiger partial charge in [0, 0.05) is 32.0 Å². The van der Waals surface area contributed by atoms with E-state index in [1.165, 1.54) is 13.0 Å². The van der Waals surface area contributed by atoms with E-state index in [4.69, 9.17) is 23.8 Å². The van der Waals surface area contributed by atoms with Crippen molar-refractivity contribution in [1.82, 2.24) is 25.5 Å². The molecule has 3 saturated heterocycles. The van der Waals surface area contributed by atoms with Gasteiger partial charge in [0.2, 0.25) is 11.6 Å². The standard InChI is InChI=1S/C33H43N5O8/c1-20(9-12-29-21(2)15-28(23(4)44-29)35-30(40)13-10-22(3)43-24(5)39)8-11-25-17-33(19-42-33)18-26(45-25)16-31(41)46-38-32-27(36-37-38)7-6-14-34-32/h6-11,13-14,21-23,25-26,28-29H,12,15-19H2,1-5H3,(H,35,40)/t21-,22-,23+,25+,26+,28+,29-,33-/m0/s1. The monoisotopic (exact) mass is 637 g/mol. The van der Waals surface area contributed by atoms with E-state index in [0.29, 0.717) is 24.2 Å². The maximum atomic E-state index is 12.7. The third-order valence-corrected chi connectivity index (χ3v) is 8.52. The summed E-state index contributed by atoms with van der Waals surface area (Å²) in [5, 5.41) is 10.8. The molecule has 0 bridgehead atoms. The van der Waals surface area contributed by atoms with Crippen molar-refractivity contribution in [2.24, 2.45) is 5.92 Å². The first-order valence-electron chi connectivity index (χ1n) is 15.8. The second kappa shape index (κ2) is 14.7. The lowest BCUT2D eigenvalue weighted by Crippen LogP contribution is -2.50. The number of epoxide rings is 1. The van der Waals surface area contributed by atoms with Crippen molar-refractivity contribution in [1.29, 1.82) is 0 Å². The summed E-state index contributed by atoms with van der Waals surface area (Å²) in [5.74, 6) is -0.883. The van der Waals surface area contributed by atoms with E-state index in [2.05, 4.69) is 33.6 Å². The van der Waals surface area contributed by atoms with Gasteiger partial charge in [-0.1, -0.05) is 30.7 Å². The van der Waals surface area contributed by atoms with Crippen LogP contribution in [0.15, 0.2) is 54.3 Å². The average Bonchev–Trinajstić information content (AvgIpc) is 3.61. The highest BCUT2D eigenvalue weighted by Crippen LogP contribution is 2.43. The Kier molecular flexibility index (Phi) is 10.6. The molecule has 0 aromatic carbocycles. The van der Waals surface area contributed by atoms with Crippen LogP contribution in [0.1, 0.15) is 66.7 Å². The highest BCUT2D eigenvalue weighted by Gasteiger charge is 2.51. The van der Waals surface area contributed by atoms with Gasteiger partial charge in [-0.2, -0.15) is 0 Å². The molecule has 248 valence electrons. The minimum Gasteiger partial charge on any atom is -0.459 e. The summed E-state index contributed by atoms with van der Waals surface area (Å²) in [5.41, 5.74) is 1.72. The second-order valence-electron chi connectivity index (χ2n) is 12.6. The Morgan fingerprint density at radius 2 is 2.00 bits per heavy atom. The molecule has 46 heavy (non-hydrogen) atoms. The lowest BCUT2D eigenvalue weighted by atomic mass is 9.88. The van der Waals surface area contributed by atoms with Crippen molar-refractivity contribution in [2.75, 3.05) is 6.61 Å². The molecule has 8 atom stereocenters. The molecular weight excluding hydrogens is 594 g/mol. The van der Waals surface area contributed by atoms with Crippen molar-refractivity contribution >= 4 is 29.0 Å². The molecule has 2 aromatic rings. The number of aromatic nitrogens is 4. The summed E-state index contributed by atoms with van der Waals surface area (Å²) in [6.07, 6.45) is 12.5. The molecule has 3 aliphatic rings. The first-order chi connectivity index (χ1) is 22.0. The minimum absolute atomic E-state index is 0.0211. The molecule has 13 nitrogen and oxygen atoms in total. The highest BCUT2D eigenvalue weighted by molar-refractivity contribution is 5.87. The number of esters is 1. The first kappa shape index (κ1) is 33.4. The third-order valence-electron chi connectivity index (χ3n) is 8.52. The van der Waals surface area contributed by atoms with Gasteiger partial charge in [-0.15, -0.1) is 5.10 Å². The topological polar surface area (TPSA) is 156 Å². The zero-order chi connectivity index (χ0) is 32.8. The van der Waals surface area contributed by atoms with Crippen LogP contribution in [-0.4, -0.2) is 86.8 Å². The molecule has 2 aromatic heterocycles. The number of nitrogens with one attached hydrogen (secondary N) is 1. The van der Waals surface area contributed by atoms with Crippen LogP contribution in [0.5, 0.6) is 0 Å². The quantitative estimate of drug-likeness (QED) is 0.127. The molecule has 5 heterocycles. The van der Waals surface area contributed by atoms with Crippen LogP contribution in [-0.2, 0) is 33.3 Å². The Labute approximate surface area is 268 Å². The molecule has 0 saturated carbocycles. The summed E-state index contributed by atoms with van der Waals surface area (Å²) in [7, 11) is 0. The molecule has 0 unspecified atom stereocenters. The maximum Gasteiger partial charge on any atom is 0.337 e. The van der Waals surface area contributed by atoms with E-state index in [-0.39, 0.29) is 54.3 Å². The summed E-state index contributed by atoms with van der Waals surface area (Å²) in [4.78, 5) is 46.8. The Hall–Kier alpha value is -3.94. The Morgan fingerprint density at radius 3 is 2.76 bits per heavy atom. The SMILES string of the molecule is CC(=O)O[C@@H](C)C=CC(=O)N[C@@H]1C[C@H](C)[C@H](CC=C(C)C=C[C@@H]2C[C@@]3(CO3)C[C@@H](CC(=O)On3nnc4cccnc43)O2)O[C@@H]1C. The molecule has 1 spiro atoms. The van der Waals surface area contributed by atoms with E-state index >= 15 is 0 Å². The van der Waals surface area contributed by atoms with Crippen LogP contribution < -0.4 is 10.2 Å². The van der Waals surface area contributed by atoms with Crippen molar-refractivity contribution in [2.45, 2.75) is 109 Å². The van der Waals surface area contributed by atoms with Gasteiger partial charge in [-0.05, 0) is 67.8 Å². The number of carbonyl (C=O) groups excluding carboxylic acids is 3. The van der Waals surface area contributed by atoms with Crippen molar-refractivity contribution < 1.29 is 38.2 Å². The molecule has 3 aliphatic heterocycles. The van der Waals surface area contributed by atoms with Crippen LogP contribution in [0.25, 0.3) is 11.2 Å². The van der Waals surface area contributed by atoms with Gasteiger partial charge < -0.3 is 29.1 Å². The fourth-order valence-corrected chi connectivity index (χ4v) is 6.00. The summed E-state index contributed by atoms with van der Waals surface area (Å²) < 4.78 is 23.4. The fraction of sp³-hybridized carbons (Fsp3) is 0.576. The van der Waals surface area contributed by atoms with E-state index in [1.807, 2.05) is 26.0 Å². The summed E-state index contributed by atoms with van der Waals surface area (Å²) in [6.45, 7) is 9.83. The first-order valence-corrected chi connectivity index (χ1v) is 15.8. The van der Waals surface area contributed by atoms with Crippen LogP contribution in [0.3, 0.4) is 0 Å². The molecule has 3 fully saturated rings. The predicted molar refractivity (Wildman–Crippen MR) is 166 cm³/mol. The number of rotatable bonds is 11. The maximum absolute atomic E-state index is 12.7. The number of carbonyl (C=O) groups is 3. The third kappa shape index (κ3) is 9.08. The summed E-state index contributed by atoms with van der Waals surface area (Å²) >= 11 is 0. The van der Waals surface area contributed by atoms with Gasteiger partial charge in [-0.25, -0.2) is 9.78 Å². The molecule has 13 heteroatoms. The molecular formula is C33H43N5O8. The molecule has 1 N–H and O–H groups in total. The normalized spacial score (nSPS) is 30.5.